The number of aldehydes is 1. The van der Waals surface area contributed by atoms with E-state index in [4.69, 9.17) is 5.26 Å². The van der Waals surface area contributed by atoms with Crippen molar-refractivity contribution in [2.75, 3.05) is 43.0 Å². The van der Waals surface area contributed by atoms with Gasteiger partial charge in [0, 0.05) is 39.1 Å². The average molecular weight is 543 g/mol. The van der Waals surface area contributed by atoms with Crippen molar-refractivity contribution in [2.45, 2.75) is 25.7 Å². The van der Waals surface area contributed by atoms with Gasteiger partial charge in [-0.25, -0.2) is 29.9 Å². The zero-order chi connectivity index (χ0) is 27.9. The predicted molar refractivity (Wildman–Crippen MR) is 147 cm³/mol. The number of piperidine rings is 2. The number of rotatable bonds is 5. The predicted octanol–water partition coefficient (Wildman–Crippen LogP) is 1.53. The summed E-state index contributed by atoms with van der Waals surface area (Å²) in [5.74, 6) is 1.83. The van der Waals surface area contributed by atoms with Crippen molar-refractivity contribution < 1.29 is 9.59 Å². The monoisotopic (exact) mass is 542 g/mol. The van der Waals surface area contributed by atoms with Crippen molar-refractivity contribution in [3.05, 3.63) is 37.0 Å². The van der Waals surface area contributed by atoms with E-state index >= 15 is 0 Å². The number of allylic oxidation sites excluding steroid dienone is 1. The van der Waals surface area contributed by atoms with E-state index in [1.165, 1.54) is 19.7 Å². The van der Waals surface area contributed by atoms with E-state index in [-0.39, 0.29) is 23.3 Å². The number of aromatic nitrogens is 8. The van der Waals surface area contributed by atoms with E-state index in [0.717, 1.165) is 80.8 Å². The summed E-state index contributed by atoms with van der Waals surface area (Å²) in [4.78, 5) is 57.9. The molecular weight excluding hydrogens is 512 g/mol. The number of anilines is 2. The van der Waals surface area contributed by atoms with E-state index in [1.807, 2.05) is 6.07 Å². The zero-order valence-corrected chi connectivity index (χ0v) is 22.1. The summed E-state index contributed by atoms with van der Waals surface area (Å²) < 4.78 is 0. The third kappa shape index (κ3) is 5.73. The molecule has 6 rings (SSSR count). The molecule has 0 spiro atoms. The second kappa shape index (κ2) is 12.3. The Morgan fingerprint density at radius 3 is 1.82 bits per heavy atom. The molecule has 0 unspecified atom stereocenters. The van der Waals surface area contributed by atoms with Crippen LogP contribution in [0.25, 0.3) is 22.3 Å². The average Bonchev–Trinajstić information content (AvgIpc) is 3.70. The fourth-order valence-electron chi connectivity index (χ4n) is 5.04. The lowest BCUT2D eigenvalue weighted by Gasteiger charge is -2.31. The highest BCUT2D eigenvalue weighted by Gasteiger charge is 2.23. The first-order valence-corrected chi connectivity index (χ1v) is 13.2. The Hall–Kier alpha value is -4.93. The lowest BCUT2D eigenvalue weighted by molar-refractivity contribution is -0.116. The van der Waals surface area contributed by atoms with E-state index < -0.39 is 0 Å². The van der Waals surface area contributed by atoms with Crippen molar-refractivity contribution in [3.8, 4) is 6.07 Å². The number of fused-ring (bicyclic) bond motifs is 2. The maximum Gasteiger partial charge on any atom is 0.261 e. The molecule has 0 bridgehead atoms. The number of H-pyrrole nitrogens is 2. The Balaban J connectivity index is 0.000000168. The Labute approximate surface area is 230 Å². The highest BCUT2D eigenvalue weighted by Crippen LogP contribution is 2.27. The molecule has 1 amide bonds. The molecule has 0 aromatic carbocycles. The SMILES string of the molecule is CNC(=O)/C(C#N)=C/C1CCN(c2ncnc3nc[nH]c23)CC1.O=CC1CCN(c2ncnc3nc[nH]c23)CC1. The van der Waals surface area contributed by atoms with Gasteiger partial charge < -0.3 is 29.9 Å². The van der Waals surface area contributed by atoms with Crippen molar-refractivity contribution in [1.82, 2.24) is 45.2 Å². The number of carbonyl (C=O) groups excluding carboxylic acids is 2. The summed E-state index contributed by atoms with van der Waals surface area (Å²) in [7, 11) is 1.53. The lowest BCUT2D eigenvalue weighted by Crippen LogP contribution is -2.34. The van der Waals surface area contributed by atoms with Crippen molar-refractivity contribution in [1.29, 1.82) is 5.26 Å². The first-order chi connectivity index (χ1) is 19.6. The molecule has 4 aromatic heterocycles. The molecule has 0 radical (unpaired) electrons. The van der Waals surface area contributed by atoms with Crippen LogP contribution in [0, 0.1) is 23.2 Å². The molecule has 2 saturated heterocycles. The van der Waals surface area contributed by atoms with Gasteiger partial charge in [0.2, 0.25) is 0 Å². The fraction of sp³-hybridized carbons (Fsp3) is 0.423. The molecule has 0 saturated carbocycles. The van der Waals surface area contributed by atoms with Crippen molar-refractivity contribution in [3.63, 3.8) is 0 Å². The van der Waals surface area contributed by atoms with E-state index in [1.54, 1.807) is 18.7 Å². The Bertz CT molecular complexity index is 1540. The van der Waals surface area contributed by atoms with E-state index in [0.29, 0.717) is 11.3 Å². The Morgan fingerprint density at radius 2 is 1.38 bits per heavy atom. The fourth-order valence-corrected chi connectivity index (χ4v) is 5.04. The van der Waals surface area contributed by atoms with Gasteiger partial charge >= 0.3 is 0 Å². The molecule has 6 heterocycles. The number of amides is 1. The molecule has 3 N–H and O–H groups in total. The number of imidazole rings is 2. The highest BCUT2D eigenvalue weighted by molar-refractivity contribution is 5.97. The molecule has 40 heavy (non-hydrogen) atoms. The number of carbonyl (C=O) groups is 2. The largest absolute Gasteiger partial charge is 0.355 e. The minimum atomic E-state index is -0.329. The van der Waals surface area contributed by atoms with Crippen LogP contribution in [0.15, 0.2) is 37.0 Å². The first kappa shape index (κ1) is 26.7. The number of nitriles is 1. The number of hydrogen-bond donors (Lipinski definition) is 3. The van der Waals surface area contributed by atoms with Crippen LogP contribution in [-0.4, -0.2) is 85.3 Å². The molecule has 4 aromatic rings. The maximum absolute atomic E-state index is 11.6. The Kier molecular flexibility index (Phi) is 8.19. The first-order valence-electron chi connectivity index (χ1n) is 13.2. The van der Waals surface area contributed by atoms with Crippen molar-refractivity contribution in [2.24, 2.45) is 11.8 Å². The molecule has 14 heteroatoms. The van der Waals surface area contributed by atoms with Gasteiger partial charge in [-0.15, -0.1) is 0 Å². The van der Waals surface area contributed by atoms with Gasteiger partial charge in [0.15, 0.2) is 22.9 Å². The second-order valence-electron chi connectivity index (χ2n) is 9.65. The molecule has 2 fully saturated rings. The normalized spacial score (nSPS) is 16.9. The van der Waals surface area contributed by atoms with Gasteiger partial charge in [0.25, 0.3) is 5.91 Å². The minimum absolute atomic E-state index is 0.184. The van der Waals surface area contributed by atoms with E-state index in [9.17, 15) is 9.59 Å². The summed E-state index contributed by atoms with van der Waals surface area (Å²) >= 11 is 0. The molecule has 0 aliphatic carbocycles. The van der Waals surface area contributed by atoms with Gasteiger partial charge in [-0.1, -0.05) is 6.08 Å². The van der Waals surface area contributed by atoms with Crippen LogP contribution in [0.1, 0.15) is 25.7 Å². The highest BCUT2D eigenvalue weighted by atomic mass is 16.1. The number of likely N-dealkylation sites (N-methyl/N-ethyl adjacent to an activating group) is 1. The molecule has 2 aliphatic rings. The smallest absolute Gasteiger partial charge is 0.261 e. The topological polar surface area (TPSA) is 185 Å². The number of aromatic amines is 2. The van der Waals surface area contributed by atoms with Crippen LogP contribution in [0.4, 0.5) is 11.6 Å². The van der Waals surface area contributed by atoms with Crippen LogP contribution in [0.5, 0.6) is 0 Å². The quantitative estimate of drug-likeness (QED) is 0.189. The molecule has 0 atom stereocenters. The minimum Gasteiger partial charge on any atom is -0.355 e. The summed E-state index contributed by atoms with van der Waals surface area (Å²) in [6, 6.07) is 1.97. The Morgan fingerprint density at radius 1 is 0.875 bits per heavy atom. The molecule has 206 valence electrons. The van der Waals surface area contributed by atoms with Crippen LogP contribution in [0.3, 0.4) is 0 Å². The second-order valence-corrected chi connectivity index (χ2v) is 9.65. The number of nitrogens with one attached hydrogen (secondary N) is 3. The number of nitrogens with zero attached hydrogens (tertiary/aromatic N) is 9. The van der Waals surface area contributed by atoms with Crippen LogP contribution >= 0.6 is 0 Å². The molecule has 2 aliphatic heterocycles. The standard InChI is InChI=1S/C15H17N7O.C11H13N5O/c1-17-15(23)11(7-16)6-10-2-4-22(5-3-10)14-12-13(19-8-18-12)20-9-21-14;17-5-8-1-3-16(4-2-8)11-9-10(13-6-12-9)14-7-15-11/h6,8-10H,2-5H2,1H3,(H,17,23)(H,18,19,20,21);5-8H,1-4H2,(H,12,13,14,15)/b11-6+;. The summed E-state index contributed by atoms with van der Waals surface area (Å²) in [6.45, 7) is 3.32. The van der Waals surface area contributed by atoms with Crippen LogP contribution in [0.2, 0.25) is 0 Å². The van der Waals surface area contributed by atoms with Crippen LogP contribution < -0.4 is 15.1 Å². The van der Waals surface area contributed by atoms with Gasteiger partial charge in [-0.3, -0.25) is 4.79 Å². The maximum atomic E-state index is 11.6. The van der Waals surface area contributed by atoms with Gasteiger partial charge in [-0.2, -0.15) is 5.26 Å². The lowest BCUT2D eigenvalue weighted by atomic mass is 9.94. The molecule has 14 nitrogen and oxygen atoms in total. The zero-order valence-electron chi connectivity index (χ0n) is 22.1. The van der Waals surface area contributed by atoms with E-state index in [2.05, 4.69) is 55.0 Å². The third-order valence-electron chi connectivity index (χ3n) is 7.27. The van der Waals surface area contributed by atoms with Gasteiger partial charge in [0.1, 0.15) is 41.6 Å². The number of hydrogen-bond acceptors (Lipinski definition) is 11. The van der Waals surface area contributed by atoms with Crippen molar-refractivity contribution >= 4 is 46.2 Å². The molecular formula is C26H30N12O2. The summed E-state index contributed by atoms with van der Waals surface area (Å²) in [5, 5.41) is 11.6. The summed E-state index contributed by atoms with van der Waals surface area (Å²) in [6.07, 6.45) is 12.6. The summed E-state index contributed by atoms with van der Waals surface area (Å²) in [5.41, 5.74) is 3.24. The third-order valence-corrected chi connectivity index (χ3v) is 7.27. The van der Waals surface area contributed by atoms with Gasteiger partial charge in [-0.05, 0) is 31.6 Å². The van der Waals surface area contributed by atoms with Gasteiger partial charge in [0.05, 0.1) is 12.7 Å². The van der Waals surface area contributed by atoms with Crippen LogP contribution in [-0.2, 0) is 9.59 Å².